The first kappa shape index (κ1) is 16.0. The van der Waals surface area contributed by atoms with Gasteiger partial charge in [0, 0.05) is 12.6 Å². The molecule has 0 bridgehead atoms. The molecule has 1 aromatic rings. The topological polar surface area (TPSA) is 39.7 Å². The van der Waals surface area contributed by atoms with Crippen molar-refractivity contribution in [1.82, 2.24) is 0 Å². The van der Waals surface area contributed by atoms with Gasteiger partial charge < -0.3 is 19.5 Å². The minimum atomic E-state index is 0.00225. The third-order valence-corrected chi connectivity index (χ3v) is 3.64. The average Bonchev–Trinajstić information content (AvgIpc) is 2.79. The molecule has 0 amide bonds. The van der Waals surface area contributed by atoms with E-state index in [2.05, 4.69) is 19.2 Å². The van der Waals surface area contributed by atoms with Crippen molar-refractivity contribution >= 4 is 5.69 Å². The van der Waals surface area contributed by atoms with Crippen LogP contribution < -0.4 is 14.8 Å². The van der Waals surface area contributed by atoms with E-state index in [9.17, 15) is 0 Å². The smallest absolute Gasteiger partial charge is 0.142 e. The summed E-state index contributed by atoms with van der Waals surface area (Å²) in [6, 6.07) is 5.89. The second kappa shape index (κ2) is 7.03. The second-order valence-electron chi connectivity index (χ2n) is 5.94. The Labute approximate surface area is 127 Å². The van der Waals surface area contributed by atoms with Crippen LogP contribution in [0.2, 0.25) is 0 Å². The number of rotatable bonds is 7. The van der Waals surface area contributed by atoms with Gasteiger partial charge in [-0.25, -0.2) is 0 Å². The van der Waals surface area contributed by atoms with Crippen molar-refractivity contribution in [1.29, 1.82) is 0 Å². The molecular weight excluding hydrogens is 266 g/mol. The zero-order valence-electron chi connectivity index (χ0n) is 13.6. The van der Waals surface area contributed by atoms with E-state index in [4.69, 9.17) is 14.2 Å². The number of nitrogens with one attached hydrogen (secondary N) is 1. The van der Waals surface area contributed by atoms with E-state index in [1.165, 1.54) is 0 Å². The number of hydrogen-bond acceptors (Lipinski definition) is 4. The number of hydrogen-bond donors (Lipinski definition) is 1. The SMILES string of the molecule is CCOc1ccc(OCC)c(NCC2CCC(C)(C)O2)c1. The Balaban J connectivity index is 2.01. The molecule has 1 atom stereocenters. The predicted molar refractivity (Wildman–Crippen MR) is 85.5 cm³/mol. The molecule has 1 saturated heterocycles. The Kier molecular flexibility index (Phi) is 5.34. The summed E-state index contributed by atoms with van der Waals surface area (Å²) in [6.45, 7) is 10.4. The summed E-state index contributed by atoms with van der Waals surface area (Å²) >= 11 is 0. The molecule has 1 aromatic carbocycles. The zero-order valence-corrected chi connectivity index (χ0v) is 13.6. The van der Waals surface area contributed by atoms with Crippen LogP contribution in [0, 0.1) is 0 Å². The minimum absolute atomic E-state index is 0.00225. The molecule has 2 rings (SSSR count). The van der Waals surface area contributed by atoms with Gasteiger partial charge in [0.15, 0.2) is 0 Å². The van der Waals surface area contributed by atoms with Crippen molar-refractivity contribution in [3.8, 4) is 11.5 Å². The first-order chi connectivity index (χ1) is 10.0. The van der Waals surface area contributed by atoms with Gasteiger partial charge in [-0.05, 0) is 52.7 Å². The zero-order chi connectivity index (χ0) is 15.3. The summed E-state index contributed by atoms with van der Waals surface area (Å²) in [6.07, 6.45) is 2.46. The molecule has 0 aromatic heterocycles. The van der Waals surface area contributed by atoms with Crippen molar-refractivity contribution in [3.63, 3.8) is 0 Å². The lowest BCUT2D eigenvalue weighted by Crippen LogP contribution is -2.25. The van der Waals surface area contributed by atoms with Crippen LogP contribution in [0.25, 0.3) is 0 Å². The summed E-state index contributed by atoms with van der Waals surface area (Å²) in [5.41, 5.74) is 0.971. The molecule has 0 aliphatic carbocycles. The second-order valence-corrected chi connectivity index (χ2v) is 5.94. The van der Waals surface area contributed by atoms with Crippen LogP contribution >= 0.6 is 0 Å². The average molecular weight is 293 g/mol. The lowest BCUT2D eigenvalue weighted by molar-refractivity contribution is -0.00912. The quantitative estimate of drug-likeness (QED) is 0.829. The molecular formula is C17H27NO3. The third kappa shape index (κ3) is 4.53. The van der Waals surface area contributed by atoms with Crippen LogP contribution in [0.15, 0.2) is 18.2 Å². The van der Waals surface area contributed by atoms with Crippen LogP contribution in [-0.2, 0) is 4.74 Å². The van der Waals surface area contributed by atoms with Gasteiger partial charge in [0.25, 0.3) is 0 Å². The fourth-order valence-corrected chi connectivity index (χ4v) is 2.63. The molecule has 0 radical (unpaired) electrons. The van der Waals surface area contributed by atoms with E-state index in [1.54, 1.807) is 0 Å². The fraction of sp³-hybridized carbons (Fsp3) is 0.647. The van der Waals surface area contributed by atoms with Gasteiger partial charge in [0.2, 0.25) is 0 Å². The Bertz CT molecular complexity index is 459. The first-order valence-corrected chi connectivity index (χ1v) is 7.85. The predicted octanol–water partition coefficient (Wildman–Crippen LogP) is 3.85. The summed E-state index contributed by atoms with van der Waals surface area (Å²) in [4.78, 5) is 0. The highest BCUT2D eigenvalue weighted by Crippen LogP contribution is 2.32. The van der Waals surface area contributed by atoms with Crippen molar-refractivity contribution in [2.45, 2.75) is 52.2 Å². The molecule has 1 N–H and O–H groups in total. The van der Waals surface area contributed by atoms with Crippen LogP contribution in [0.3, 0.4) is 0 Å². The molecule has 1 aliphatic rings. The van der Waals surface area contributed by atoms with E-state index in [1.807, 2.05) is 32.0 Å². The molecule has 118 valence electrons. The molecule has 4 heteroatoms. The third-order valence-electron chi connectivity index (χ3n) is 3.64. The monoisotopic (exact) mass is 293 g/mol. The van der Waals surface area contributed by atoms with Gasteiger partial charge in [-0.2, -0.15) is 0 Å². The van der Waals surface area contributed by atoms with Gasteiger partial charge >= 0.3 is 0 Å². The molecule has 21 heavy (non-hydrogen) atoms. The fourth-order valence-electron chi connectivity index (χ4n) is 2.63. The van der Waals surface area contributed by atoms with Gasteiger partial charge in [-0.3, -0.25) is 0 Å². The highest BCUT2D eigenvalue weighted by Gasteiger charge is 2.31. The standard InChI is InChI=1S/C17H27NO3/c1-5-19-13-7-8-16(20-6-2)15(11-13)18-12-14-9-10-17(3,4)21-14/h7-8,11,14,18H,5-6,9-10,12H2,1-4H3. The Morgan fingerprint density at radius 2 is 2.00 bits per heavy atom. The van der Waals surface area contributed by atoms with Crippen molar-refractivity contribution in [2.24, 2.45) is 0 Å². The summed E-state index contributed by atoms with van der Waals surface area (Å²) in [5.74, 6) is 1.72. The Morgan fingerprint density at radius 1 is 1.24 bits per heavy atom. The molecule has 1 fully saturated rings. The van der Waals surface area contributed by atoms with E-state index in [0.29, 0.717) is 13.2 Å². The lowest BCUT2D eigenvalue weighted by atomic mass is 10.1. The van der Waals surface area contributed by atoms with Crippen LogP contribution in [0.5, 0.6) is 11.5 Å². The largest absolute Gasteiger partial charge is 0.494 e. The van der Waals surface area contributed by atoms with Crippen LogP contribution in [-0.4, -0.2) is 31.5 Å². The minimum Gasteiger partial charge on any atom is -0.494 e. The van der Waals surface area contributed by atoms with Crippen molar-refractivity contribution in [2.75, 3.05) is 25.1 Å². The maximum Gasteiger partial charge on any atom is 0.142 e. The van der Waals surface area contributed by atoms with Crippen LogP contribution in [0.1, 0.15) is 40.5 Å². The molecule has 0 spiro atoms. The Morgan fingerprint density at radius 3 is 2.62 bits per heavy atom. The van der Waals surface area contributed by atoms with Gasteiger partial charge in [0.05, 0.1) is 30.6 Å². The molecule has 0 saturated carbocycles. The molecule has 4 nitrogen and oxygen atoms in total. The van der Waals surface area contributed by atoms with Crippen molar-refractivity contribution < 1.29 is 14.2 Å². The molecule has 1 unspecified atom stereocenters. The molecule has 1 aliphatic heterocycles. The van der Waals surface area contributed by atoms with Gasteiger partial charge in [0.1, 0.15) is 11.5 Å². The van der Waals surface area contributed by atoms with E-state index in [0.717, 1.165) is 36.6 Å². The first-order valence-electron chi connectivity index (χ1n) is 7.85. The Hall–Kier alpha value is -1.42. The number of benzene rings is 1. The van der Waals surface area contributed by atoms with E-state index >= 15 is 0 Å². The van der Waals surface area contributed by atoms with Crippen molar-refractivity contribution in [3.05, 3.63) is 18.2 Å². The normalized spacial score (nSPS) is 20.3. The number of ether oxygens (including phenoxy) is 3. The highest BCUT2D eigenvalue weighted by atomic mass is 16.5. The number of anilines is 1. The summed E-state index contributed by atoms with van der Waals surface area (Å²) in [5, 5.41) is 3.45. The molecule has 1 heterocycles. The summed E-state index contributed by atoms with van der Waals surface area (Å²) in [7, 11) is 0. The van der Waals surface area contributed by atoms with Crippen LogP contribution in [0.4, 0.5) is 5.69 Å². The van der Waals surface area contributed by atoms with Gasteiger partial charge in [-0.15, -0.1) is 0 Å². The maximum absolute atomic E-state index is 6.01. The lowest BCUT2D eigenvalue weighted by Gasteiger charge is -2.20. The van der Waals surface area contributed by atoms with E-state index in [-0.39, 0.29) is 11.7 Å². The maximum atomic E-state index is 6.01. The highest BCUT2D eigenvalue weighted by molar-refractivity contribution is 5.59. The van der Waals surface area contributed by atoms with Gasteiger partial charge in [-0.1, -0.05) is 0 Å². The summed E-state index contributed by atoms with van der Waals surface area (Å²) < 4.78 is 17.2. The van der Waals surface area contributed by atoms with E-state index < -0.39 is 0 Å².